The van der Waals surface area contributed by atoms with Crippen LogP contribution in [-0.4, -0.2) is 31.3 Å². The molecule has 124 valence electrons. The van der Waals surface area contributed by atoms with Gasteiger partial charge in [-0.15, -0.1) is 0 Å². The van der Waals surface area contributed by atoms with Gasteiger partial charge in [-0.25, -0.2) is 4.98 Å². The van der Waals surface area contributed by atoms with E-state index in [1.807, 2.05) is 24.7 Å². The van der Waals surface area contributed by atoms with Crippen LogP contribution in [0.5, 0.6) is 0 Å². The zero-order chi connectivity index (χ0) is 16.4. The highest BCUT2D eigenvalue weighted by atomic mass is 16.5. The van der Waals surface area contributed by atoms with Crippen LogP contribution >= 0.6 is 0 Å². The van der Waals surface area contributed by atoms with E-state index < -0.39 is 0 Å². The monoisotopic (exact) mass is 325 g/mol. The largest absolute Gasteiger partial charge is 0.368 e. The maximum absolute atomic E-state index is 5.86. The van der Waals surface area contributed by atoms with Crippen molar-refractivity contribution in [2.75, 3.05) is 6.61 Å². The van der Waals surface area contributed by atoms with E-state index in [4.69, 9.17) is 9.26 Å². The van der Waals surface area contributed by atoms with Crippen LogP contribution in [0.1, 0.15) is 30.9 Å². The van der Waals surface area contributed by atoms with E-state index in [-0.39, 0.29) is 6.10 Å². The van der Waals surface area contributed by atoms with Gasteiger partial charge in [0.1, 0.15) is 11.8 Å². The van der Waals surface area contributed by atoms with Crippen molar-refractivity contribution in [2.45, 2.75) is 32.4 Å². The fraction of sp³-hybridized carbons (Fsp3) is 0.412. The van der Waals surface area contributed by atoms with Gasteiger partial charge >= 0.3 is 0 Å². The van der Waals surface area contributed by atoms with Crippen molar-refractivity contribution in [3.63, 3.8) is 0 Å². The summed E-state index contributed by atoms with van der Waals surface area (Å²) in [4.78, 5) is 13.0. The average Bonchev–Trinajstić information content (AvgIpc) is 3.36. The highest BCUT2D eigenvalue weighted by Gasteiger charge is 2.34. The minimum atomic E-state index is -0.178. The highest BCUT2D eigenvalue weighted by Crippen LogP contribution is 2.35. The van der Waals surface area contributed by atoms with Crippen molar-refractivity contribution >= 4 is 0 Å². The van der Waals surface area contributed by atoms with Gasteiger partial charge in [-0.05, 0) is 24.5 Å². The van der Waals surface area contributed by atoms with Crippen LogP contribution < -0.4 is 0 Å². The molecule has 3 aromatic rings. The molecule has 0 unspecified atom stereocenters. The molecule has 0 amide bonds. The lowest BCUT2D eigenvalue weighted by atomic mass is 10.0. The van der Waals surface area contributed by atoms with Crippen molar-refractivity contribution in [1.29, 1.82) is 0 Å². The summed E-state index contributed by atoms with van der Waals surface area (Å²) in [5.74, 6) is 1.35. The first-order chi connectivity index (χ1) is 11.8. The molecule has 0 N–H and O–H groups in total. The van der Waals surface area contributed by atoms with Gasteiger partial charge in [0.2, 0.25) is 5.82 Å². The van der Waals surface area contributed by atoms with E-state index in [1.54, 1.807) is 12.4 Å². The summed E-state index contributed by atoms with van der Waals surface area (Å²) in [5, 5.41) is 4.12. The molecular weight excluding hydrogens is 306 g/mol. The van der Waals surface area contributed by atoms with E-state index >= 15 is 0 Å². The maximum Gasteiger partial charge on any atom is 0.256 e. The number of imidazole rings is 1. The Kier molecular flexibility index (Phi) is 4.08. The zero-order valence-corrected chi connectivity index (χ0v) is 13.5. The number of hydrogen-bond donors (Lipinski definition) is 0. The first-order valence-electron chi connectivity index (χ1n) is 8.20. The quantitative estimate of drug-likeness (QED) is 0.717. The Morgan fingerprint density at radius 3 is 3.12 bits per heavy atom. The fourth-order valence-electron chi connectivity index (χ4n) is 3.13. The number of pyridine rings is 1. The van der Waals surface area contributed by atoms with Crippen LogP contribution in [0.4, 0.5) is 0 Å². The summed E-state index contributed by atoms with van der Waals surface area (Å²) in [6.07, 6.45) is 8.95. The van der Waals surface area contributed by atoms with Crippen LogP contribution in [0, 0.1) is 5.92 Å². The van der Waals surface area contributed by atoms with Gasteiger partial charge in [0.15, 0.2) is 0 Å². The highest BCUT2D eigenvalue weighted by molar-refractivity contribution is 5.53. The van der Waals surface area contributed by atoms with Crippen molar-refractivity contribution < 1.29 is 9.26 Å². The third kappa shape index (κ3) is 2.82. The molecule has 2 atom stereocenters. The Morgan fingerprint density at radius 2 is 2.29 bits per heavy atom. The van der Waals surface area contributed by atoms with Crippen molar-refractivity contribution in [2.24, 2.45) is 5.92 Å². The molecule has 0 bridgehead atoms. The number of aromatic nitrogens is 5. The molecule has 1 saturated heterocycles. The molecule has 0 radical (unpaired) electrons. The first kappa shape index (κ1) is 15.0. The lowest BCUT2D eigenvalue weighted by Crippen LogP contribution is -2.14. The molecule has 0 spiro atoms. The normalized spacial score (nSPS) is 20.5. The lowest BCUT2D eigenvalue weighted by Gasteiger charge is -2.15. The summed E-state index contributed by atoms with van der Waals surface area (Å²) >= 11 is 0. The SMILES string of the molecule is CCc1cccnc1-c1noc([C@H]2OCC[C@H]2Cn2ccnc2)n1. The Morgan fingerprint density at radius 1 is 1.33 bits per heavy atom. The molecule has 1 fully saturated rings. The average molecular weight is 325 g/mol. The predicted octanol–water partition coefficient (Wildman–Crippen LogP) is 2.67. The van der Waals surface area contributed by atoms with Gasteiger partial charge in [0.25, 0.3) is 5.89 Å². The standard InChI is InChI=1S/C17H19N5O2/c1-2-12-4-3-6-19-14(12)16-20-17(24-21-16)15-13(5-9-23-15)10-22-8-7-18-11-22/h3-4,6-8,11,13,15H,2,5,9-10H2,1H3/t13-,15-/m0/s1. The minimum absolute atomic E-state index is 0.178. The number of rotatable bonds is 5. The van der Waals surface area contributed by atoms with E-state index in [2.05, 4.69) is 31.6 Å². The van der Waals surface area contributed by atoms with Crippen LogP contribution in [0.15, 0.2) is 41.6 Å². The van der Waals surface area contributed by atoms with Gasteiger partial charge in [0.05, 0.1) is 6.33 Å². The van der Waals surface area contributed by atoms with Crippen molar-refractivity contribution in [1.82, 2.24) is 24.7 Å². The van der Waals surface area contributed by atoms with Crippen molar-refractivity contribution in [3.05, 3.63) is 48.5 Å². The Labute approximate surface area is 139 Å². The second-order valence-electron chi connectivity index (χ2n) is 5.92. The maximum atomic E-state index is 5.86. The molecule has 0 aromatic carbocycles. The molecule has 3 aromatic heterocycles. The van der Waals surface area contributed by atoms with Crippen LogP contribution in [0.25, 0.3) is 11.5 Å². The molecule has 7 heteroatoms. The number of aryl methyl sites for hydroxylation is 1. The summed E-state index contributed by atoms with van der Waals surface area (Å²) in [5.41, 5.74) is 1.88. The third-order valence-electron chi connectivity index (χ3n) is 4.39. The van der Waals surface area contributed by atoms with Crippen LogP contribution in [-0.2, 0) is 17.7 Å². The molecule has 1 aliphatic heterocycles. The summed E-state index contributed by atoms with van der Waals surface area (Å²) in [7, 11) is 0. The van der Waals surface area contributed by atoms with Crippen LogP contribution in [0.2, 0.25) is 0 Å². The molecule has 4 heterocycles. The van der Waals surface area contributed by atoms with E-state index in [1.165, 1.54) is 0 Å². The zero-order valence-electron chi connectivity index (χ0n) is 13.5. The molecule has 0 aliphatic carbocycles. The smallest absolute Gasteiger partial charge is 0.256 e. The van der Waals surface area contributed by atoms with Gasteiger partial charge in [0, 0.05) is 37.7 Å². The third-order valence-corrected chi connectivity index (χ3v) is 4.39. The summed E-state index contributed by atoms with van der Waals surface area (Å²) in [6.45, 7) is 3.61. The number of hydrogen-bond acceptors (Lipinski definition) is 6. The number of ether oxygens (including phenoxy) is 1. The Bertz CT molecular complexity index is 799. The van der Waals surface area contributed by atoms with Gasteiger partial charge in [-0.3, -0.25) is 4.98 Å². The molecule has 4 rings (SSSR count). The van der Waals surface area contributed by atoms with Gasteiger partial charge in [-0.1, -0.05) is 18.1 Å². The van der Waals surface area contributed by atoms with Crippen LogP contribution in [0.3, 0.4) is 0 Å². The fourth-order valence-corrected chi connectivity index (χ4v) is 3.13. The second kappa shape index (κ2) is 6.52. The number of nitrogens with zero attached hydrogens (tertiary/aromatic N) is 5. The first-order valence-corrected chi connectivity index (χ1v) is 8.20. The van der Waals surface area contributed by atoms with E-state index in [0.717, 1.165) is 30.6 Å². The molecule has 7 nitrogen and oxygen atoms in total. The van der Waals surface area contributed by atoms with E-state index in [0.29, 0.717) is 24.2 Å². The minimum Gasteiger partial charge on any atom is -0.368 e. The summed E-state index contributed by atoms with van der Waals surface area (Å²) in [6, 6.07) is 3.96. The lowest BCUT2D eigenvalue weighted by molar-refractivity contribution is 0.0587. The molecule has 24 heavy (non-hydrogen) atoms. The molecule has 0 saturated carbocycles. The Hall–Kier alpha value is -2.54. The van der Waals surface area contributed by atoms with E-state index in [9.17, 15) is 0 Å². The summed E-state index contributed by atoms with van der Waals surface area (Å²) < 4.78 is 13.4. The predicted molar refractivity (Wildman–Crippen MR) is 85.9 cm³/mol. The van der Waals surface area contributed by atoms with Gasteiger partial charge < -0.3 is 13.8 Å². The van der Waals surface area contributed by atoms with Gasteiger partial charge in [-0.2, -0.15) is 4.98 Å². The molecule has 1 aliphatic rings. The Balaban J connectivity index is 1.57. The van der Waals surface area contributed by atoms with Crippen molar-refractivity contribution in [3.8, 4) is 11.5 Å². The second-order valence-corrected chi connectivity index (χ2v) is 5.92. The molecular formula is C17H19N5O2. The topological polar surface area (TPSA) is 78.9 Å².